The Balaban J connectivity index is 1.80. The van der Waals surface area contributed by atoms with Gasteiger partial charge in [-0.25, -0.2) is 0 Å². The standard InChI is InChI=1S/C16H11BrN2OS2/c17-12-7-8-13(11-5-2-1-4-10(11)12)18-16(21)19-15(20)14-6-3-9-22-14/h1-9H,(H2,18,19,20,21). The maximum Gasteiger partial charge on any atom is 0.267 e. The lowest BCUT2D eigenvalue weighted by Crippen LogP contribution is -2.33. The van der Waals surface area contributed by atoms with Crippen LogP contribution in [-0.4, -0.2) is 11.0 Å². The summed E-state index contributed by atoms with van der Waals surface area (Å²) >= 11 is 10.1. The number of hydrogen-bond donors (Lipinski definition) is 2. The van der Waals surface area contributed by atoms with E-state index in [2.05, 4.69) is 26.6 Å². The number of thiocarbonyl (C=S) groups is 1. The summed E-state index contributed by atoms with van der Waals surface area (Å²) in [6.45, 7) is 0. The van der Waals surface area contributed by atoms with Crippen LogP contribution in [0.5, 0.6) is 0 Å². The quantitative estimate of drug-likeness (QED) is 0.617. The van der Waals surface area contributed by atoms with Crippen LogP contribution >= 0.6 is 39.5 Å². The zero-order chi connectivity index (χ0) is 15.5. The molecule has 3 nitrogen and oxygen atoms in total. The number of amides is 1. The van der Waals surface area contributed by atoms with Crippen LogP contribution in [0.25, 0.3) is 10.8 Å². The average Bonchev–Trinajstić information content (AvgIpc) is 3.05. The first-order valence-corrected chi connectivity index (χ1v) is 8.56. The highest BCUT2D eigenvalue weighted by atomic mass is 79.9. The molecular formula is C16H11BrN2OS2. The predicted octanol–water partition coefficient (Wildman–Crippen LogP) is 4.79. The molecule has 0 atom stereocenters. The van der Waals surface area contributed by atoms with Gasteiger partial charge in [0, 0.05) is 15.5 Å². The first kappa shape index (κ1) is 15.1. The molecule has 0 spiro atoms. The Hall–Kier alpha value is -1.76. The minimum atomic E-state index is -0.200. The van der Waals surface area contributed by atoms with E-state index >= 15 is 0 Å². The molecule has 0 unspecified atom stereocenters. The van der Waals surface area contributed by atoms with E-state index in [1.54, 1.807) is 6.07 Å². The zero-order valence-electron chi connectivity index (χ0n) is 11.3. The number of halogens is 1. The summed E-state index contributed by atoms with van der Waals surface area (Å²) in [7, 11) is 0. The third kappa shape index (κ3) is 3.19. The summed E-state index contributed by atoms with van der Waals surface area (Å²) < 4.78 is 1.02. The minimum absolute atomic E-state index is 0.200. The summed E-state index contributed by atoms with van der Waals surface area (Å²) in [4.78, 5) is 12.6. The molecule has 0 bridgehead atoms. The highest BCUT2D eigenvalue weighted by molar-refractivity contribution is 9.10. The second-order valence-corrected chi connectivity index (χ2v) is 6.74. The Morgan fingerprint density at radius 2 is 1.82 bits per heavy atom. The van der Waals surface area contributed by atoms with Crippen molar-refractivity contribution in [1.82, 2.24) is 5.32 Å². The lowest BCUT2D eigenvalue weighted by molar-refractivity contribution is 0.0981. The highest BCUT2D eigenvalue weighted by Gasteiger charge is 2.10. The van der Waals surface area contributed by atoms with E-state index in [0.717, 1.165) is 20.9 Å². The normalized spacial score (nSPS) is 10.4. The van der Waals surface area contributed by atoms with Gasteiger partial charge >= 0.3 is 0 Å². The molecular weight excluding hydrogens is 380 g/mol. The van der Waals surface area contributed by atoms with E-state index in [4.69, 9.17) is 12.2 Å². The van der Waals surface area contributed by atoms with Gasteiger partial charge in [-0.15, -0.1) is 11.3 Å². The fourth-order valence-electron chi connectivity index (χ4n) is 2.10. The summed E-state index contributed by atoms with van der Waals surface area (Å²) in [6.07, 6.45) is 0. The molecule has 1 amide bonds. The van der Waals surface area contributed by atoms with Crippen molar-refractivity contribution in [3.63, 3.8) is 0 Å². The van der Waals surface area contributed by atoms with Gasteiger partial charge in [-0.2, -0.15) is 0 Å². The van der Waals surface area contributed by atoms with Gasteiger partial charge in [0.05, 0.1) is 4.88 Å². The lowest BCUT2D eigenvalue weighted by Gasteiger charge is -2.12. The molecule has 2 aromatic carbocycles. The number of carbonyl (C=O) groups excluding carboxylic acids is 1. The first-order chi connectivity index (χ1) is 10.6. The second kappa shape index (κ2) is 6.56. The molecule has 0 saturated heterocycles. The molecule has 0 fully saturated rings. The summed E-state index contributed by atoms with van der Waals surface area (Å²) in [6, 6.07) is 15.4. The SMILES string of the molecule is O=C(NC(=S)Nc1ccc(Br)c2ccccc12)c1cccs1. The molecule has 0 saturated carbocycles. The van der Waals surface area contributed by atoms with Crippen LogP contribution in [0.15, 0.2) is 58.4 Å². The Labute approximate surface area is 145 Å². The minimum Gasteiger partial charge on any atom is -0.332 e. The van der Waals surface area contributed by atoms with Crippen LogP contribution in [0.2, 0.25) is 0 Å². The number of benzene rings is 2. The van der Waals surface area contributed by atoms with Crippen molar-refractivity contribution < 1.29 is 4.79 Å². The summed E-state index contributed by atoms with van der Waals surface area (Å²) in [5, 5.41) is 10.0. The maximum absolute atomic E-state index is 12.0. The van der Waals surface area contributed by atoms with Gasteiger partial charge in [-0.1, -0.05) is 46.3 Å². The molecule has 2 N–H and O–H groups in total. The third-order valence-electron chi connectivity index (χ3n) is 3.09. The Morgan fingerprint density at radius 1 is 1.05 bits per heavy atom. The first-order valence-electron chi connectivity index (χ1n) is 6.48. The van der Waals surface area contributed by atoms with Crippen molar-refractivity contribution in [2.45, 2.75) is 0 Å². The summed E-state index contributed by atoms with van der Waals surface area (Å²) in [5.41, 5.74) is 0.857. The number of anilines is 1. The Morgan fingerprint density at radius 3 is 2.55 bits per heavy atom. The molecule has 22 heavy (non-hydrogen) atoms. The number of thiophene rings is 1. The van der Waals surface area contributed by atoms with Gasteiger partial charge in [-0.3, -0.25) is 10.1 Å². The second-order valence-electron chi connectivity index (χ2n) is 4.53. The van der Waals surface area contributed by atoms with Crippen LogP contribution in [0.4, 0.5) is 5.69 Å². The van der Waals surface area contributed by atoms with Gasteiger partial charge in [0.2, 0.25) is 0 Å². The average molecular weight is 391 g/mol. The molecule has 3 aromatic rings. The van der Waals surface area contributed by atoms with Gasteiger partial charge in [-0.05, 0) is 41.2 Å². The number of nitrogens with one attached hydrogen (secondary N) is 2. The maximum atomic E-state index is 12.0. The van der Waals surface area contributed by atoms with Crippen molar-refractivity contribution in [3.05, 3.63) is 63.3 Å². The molecule has 110 valence electrons. The third-order valence-corrected chi connectivity index (χ3v) is 4.86. The van der Waals surface area contributed by atoms with Crippen LogP contribution in [0.3, 0.4) is 0 Å². The molecule has 0 aliphatic carbocycles. The van der Waals surface area contributed by atoms with E-state index < -0.39 is 0 Å². The van der Waals surface area contributed by atoms with E-state index in [1.807, 2.05) is 47.8 Å². The highest BCUT2D eigenvalue weighted by Crippen LogP contribution is 2.29. The van der Waals surface area contributed by atoms with Gasteiger partial charge in [0.1, 0.15) is 0 Å². The number of fused-ring (bicyclic) bond motifs is 1. The molecule has 3 rings (SSSR count). The van der Waals surface area contributed by atoms with E-state index in [0.29, 0.717) is 4.88 Å². The van der Waals surface area contributed by atoms with Gasteiger partial charge in [0.25, 0.3) is 5.91 Å². The van der Waals surface area contributed by atoms with E-state index in [1.165, 1.54) is 11.3 Å². The smallest absolute Gasteiger partial charge is 0.267 e. The summed E-state index contributed by atoms with van der Waals surface area (Å²) in [5.74, 6) is -0.200. The van der Waals surface area contributed by atoms with Crippen LogP contribution in [0.1, 0.15) is 9.67 Å². The Bertz CT molecular complexity index is 846. The molecule has 6 heteroatoms. The number of rotatable bonds is 2. The lowest BCUT2D eigenvalue weighted by atomic mass is 10.1. The van der Waals surface area contributed by atoms with E-state index in [-0.39, 0.29) is 11.0 Å². The molecule has 1 heterocycles. The predicted molar refractivity (Wildman–Crippen MR) is 99.7 cm³/mol. The van der Waals surface area contributed by atoms with Crippen LogP contribution < -0.4 is 10.6 Å². The number of hydrogen-bond acceptors (Lipinski definition) is 3. The fourth-order valence-corrected chi connectivity index (χ4v) is 3.40. The van der Waals surface area contributed by atoms with Crippen molar-refractivity contribution in [1.29, 1.82) is 0 Å². The van der Waals surface area contributed by atoms with Gasteiger partial charge in [0.15, 0.2) is 5.11 Å². The molecule has 1 aromatic heterocycles. The largest absolute Gasteiger partial charge is 0.332 e. The molecule has 0 radical (unpaired) electrons. The zero-order valence-corrected chi connectivity index (χ0v) is 14.5. The topological polar surface area (TPSA) is 41.1 Å². The molecule has 0 aliphatic heterocycles. The van der Waals surface area contributed by atoms with Gasteiger partial charge < -0.3 is 5.32 Å². The van der Waals surface area contributed by atoms with Crippen molar-refractivity contribution in [2.75, 3.05) is 5.32 Å². The van der Waals surface area contributed by atoms with Crippen molar-refractivity contribution in [3.8, 4) is 0 Å². The number of carbonyl (C=O) groups is 1. The van der Waals surface area contributed by atoms with E-state index in [9.17, 15) is 4.79 Å². The van der Waals surface area contributed by atoms with Crippen molar-refractivity contribution >= 4 is 67.0 Å². The molecule has 0 aliphatic rings. The fraction of sp³-hybridized carbons (Fsp3) is 0. The monoisotopic (exact) mass is 390 g/mol. The Kier molecular flexibility index (Phi) is 4.52. The van der Waals surface area contributed by atoms with Crippen LogP contribution in [0, 0.1) is 0 Å². The van der Waals surface area contributed by atoms with Crippen molar-refractivity contribution in [2.24, 2.45) is 0 Å². The van der Waals surface area contributed by atoms with Crippen LogP contribution in [-0.2, 0) is 0 Å².